The van der Waals surface area contributed by atoms with E-state index in [-0.39, 0.29) is 17.0 Å². The number of hydrogen-bond donors (Lipinski definition) is 2. The summed E-state index contributed by atoms with van der Waals surface area (Å²) in [5, 5.41) is 13.8. The van der Waals surface area contributed by atoms with Crippen molar-refractivity contribution in [2.45, 2.75) is 25.9 Å². The number of esters is 1. The predicted molar refractivity (Wildman–Crippen MR) is 134 cm³/mol. The SMILES string of the molecule is COC(=O)c1cc(NC(=O)c2ccccc2C)ccc1C(=O)N1CCCC(O)c2cc(Cl)ccc21. The van der Waals surface area contributed by atoms with Crippen LogP contribution in [0.5, 0.6) is 0 Å². The Labute approximate surface area is 208 Å². The van der Waals surface area contributed by atoms with E-state index in [1.54, 1.807) is 36.4 Å². The molecule has 0 fully saturated rings. The van der Waals surface area contributed by atoms with Crippen LogP contribution >= 0.6 is 11.6 Å². The lowest BCUT2D eigenvalue weighted by Crippen LogP contribution is -2.33. The molecule has 180 valence electrons. The molecule has 2 amide bonds. The van der Waals surface area contributed by atoms with Gasteiger partial charge in [-0.3, -0.25) is 9.59 Å². The van der Waals surface area contributed by atoms with Gasteiger partial charge in [0, 0.05) is 34.1 Å². The van der Waals surface area contributed by atoms with Crippen LogP contribution in [0.1, 0.15) is 61.1 Å². The summed E-state index contributed by atoms with van der Waals surface area (Å²) in [7, 11) is 1.23. The van der Waals surface area contributed by atoms with E-state index in [1.165, 1.54) is 24.1 Å². The van der Waals surface area contributed by atoms with Gasteiger partial charge in [-0.25, -0.2) is 4.79 Å². The van der Waals surface area contributed by atoms with E-state index in [1.807, 2.05) is 19.1 Å². The zero-order chi connectivity index (χ0) is 25.1. The van der Waals surface area contributed by atoms with Crippen LogP contribution in [0.2, 0.25) is 5.02 Å². The lowest BCUT2D eigenvalue weighted by Gasteiger charge is -2.24. The molecule has 1 unspecified atom stereocenters. The number of rotatable bonds is 4. The Kier molecular flexibility index (Phi) is 7.19. The normalized spacial score (nSPS) is 15.1. The average molecular weight is 493 g/mol. The Balaban J connectivity index is 1.70. The van der Waals surface area contributed by atoms with Crippen molar-refractivity contribution in [3.8, 4) is 0 Å². The number of fused-ring (bicyclic) bond motifs is 1. The van der Waals surface area contributed by atoms with Crippen molar-refractivity contribution in [3.05, 3.63) is 93.5 Å². The fourth-order valence-corrected chi connectivity index (χ4v) is 4.41. The van der Waals surface area contributed by atoms with Crippen LogP contribution < -0.4 is 10.2 Å². The van der Waals surface area contributed by atoms with Gasteiger partial charge in [-0.05, 0) is 67.8 Å². The molecule has 0 spiro atoms. The second-order valence-corrected chi connectivity index (χ2v) is 8.78. The maximum absolute atomic E-state index is 13.7. The summed E-state index contributed by atoms with van der Waals surface area (Å²) in [6, 6.07) is 16.7. The first-order valence-electron chi connectivity index (χ1n) is 11.2. The Hall–Kier alpha value is -3.68. The highest BCUT2D eigenvalue weighted by Gasteiger charge is 2.29. The molecule has 2 N–H and O–H groups in total. The molecule has 0 radical (unpaired) electrons. The average Bonchev–Trinajstić information content (AvgIpc) is 3.01. The maximum Gasteiger partial charge on any atom is 0.338 e. The van der Waals surface area contributed by atoms with Gasteiger partial charge in [-0.2, -0.15) is 0 Å². The minimum atomic E-state index is -0.749. The number of aliphatic hydroxyl groups is 1. The van der Waals surface area contributed by atoms with Crippen molar-refractivity contribution in [1.82, 2.24) is 0 Å². The third-order valence-corrected chi connectivity index (χ3v) is 6.28. The third kappa shape index (κ3) is 5.06. The Morgan fingerprint density at radius 3 is 2.54 bits per heavy atom. The van der Waals surface area contributed by atoms with Crippen LogP contribution in [0.25, 0.3) is 0 Å². The van der Waals surface area contributed by atoms with Gasteiger partial charge in [0.1, 0.15) is 0 Å². The lowest BCUT2D eigenvalue weighted by molar-refractivity contribution is 0.0596. The van der Waals surface area contributed by atoms with Crippen LogP contribution in [0.4, 0.5) is 11.4 Å². The number of hydrogen-bond acceptors (Lipinski definition) is 5. The molecular formula is C27H25ClN2O5. The van der Waals surface area contributed by atoms with Crippen molar-refractivity contribution < 1.29 is 24.2 Å². The first-order valence-corrected chi connectivity index (χ1v) is 11.6. The number of aryl methyl sites for hydroxylation is 1. The van der Waals surface area contributed by atoms with Crippen molar-refractivity contribution in [3.63, 3.8) is 0 Å². The van der Waals surface area contributed by atoms with Crippen LogP contribution in [0, 0.1) is 6.92 Å². The minimum Gasteiger partial charge on any atom is -0.465 e. The van der Waals surface area contributed by atoms with Gasteiger partial charge in [-0.15, -0.1) is 0 Å². The first kappa shape index (κ1) is 24.4. The van der Waals surface area contributed by atoms with E-state index < -0.39 is 18.0 Å². The monoisotopic (exact) mass is 492 g/mol. The molecule has 3 aromatic rings. The number of carbonyl (C=O) groups is 3. The summed E-state index contributed by atoms with van der Waals surface area (Å²) in [5.41, 5.74) is 2.93. The van der Waals surface area contributed by atoms with E-state index in [4.69, 9.17) is 16.3 Å². The molecule has 1 atom stereocenters. The number of nitrogens with zero attached hydrogens (tertiary/aromatic N) is 1. The van der Waals surface area contributed by atoms with Crippen LogP contribution in [0.3, 0.4) is 0 Å². The van der Waals surface area contributed by atoms with E-state index >= 15 is 0 Å². The smallest absolute Gasteiger partial charge is 0.338 e. The fraction of sp³-hybridized carbons (Fsp3) is 0.222. The van der Waals surface area contributed by atoms with Gasteiger partial charge in [0.2, 0.25) is 0 Å². The van der Waals surface area contributed by atoms with Gasteiger partial charge in [0.25, 0.3) is 11.8 Å². The predicted octanol–water partition coefficient (Wildman–Crippen LogP) is 5.16. The number of amides is 2. The van der Waals surface area contributed by atoms with Crippen molar-refractivity contribution in [2.24, 2.45) is 0 Å². The number of halogens is 1. The number of carbonyl (C=O) groups excluding carboxylic acids is 3. The zero-order valence-electron chi connectivity index (χ0n) is 19.4. The first-order chi connectivity index (χ1) is 16.8. The molecule has 0 saturated heterocycles. The van der Waals surface area contributed by atoms with Crippen molar-refractivity contribution >= 4 is 40.8 Å². The van der Waals surface area contributed by atoms with Gasteiger partial charge in [0.15, 0.2) is 0 Å². The molecule has 1 aliphatic heterocycles. The Bertz CT molecular complexity index is 1310. The summed E-state index contributed by atoms with van der Waals surface area (Å²) < 4.78 is 4.93. The molecular weight excluding hydrogens is 468 g/mol. The highest BCUT2D eigenvalue weighted by molar-refractivity contribution is 6.30. The number of methoxy groups -OCH3 is 1. The maximum atomic E-state index is 13.7. The summed E-state index contributed by atoms with van der Waals surface area (Å²) in [4.78, 5) is 40.6. The molecule has 1 heterocycles. The van der Waals surface area contributed by atoms with Gasteiger partial charge >= 0.3 is 5.97 Å². The zero-order valence-corrected chi connectivity index (χ0v) is 20.1. The summed E-state index contributed by atoms with van der Waals surface area (Å²) in [5.74, 6) is -1.45. The van der Waals surface area contributed by atoms with E-state index in [2.05, 4.69) is 5.32 Å². The second kappa shape index (κ2) is 10.3. The highest BCUT2D eigenvalue weighted by Crippen LogP contribution is 2.36. The standard InChI is InChI=1S/C27H25ClN2O5/c1-16-6-3-4-7-19(16)25(32)29-18-10-11-20(21(15-18)27(34)35-2)26(33)30-13-5-8-24(31)22-14-17(28)9-12-23(22)30/h3-4,6-7,9-12,14-15,24,31H,5,8,13H2,1-2H3,(H,29,32). The molecule has 3 aromatic carbocycles. The topological polar surface area (TPSA) is 95.9 Å². The molecule has 1 aliphatic rings. The van der Waals surface area contributed by atoms with Gasteiger partial charge in [0.05, 0.1) is 24.3 Å². The summed E-state index contributed by atoms with van der Waals surface area (Å²) in [6.45, 7) is 2.19. The molecule has 0 aliphatic carbocycles. The largest absolute Gasteiger partial charge is 0.465 e. The molecule has 0 bridgehead atoms. The highest BCUT2D eigenvalue weighted by atomic mass is 35.5. The molecule has 35 heavy (non-hydrogen) atoms. The van der Waals surface area contributed by atoms with Crippen LogP contribution in [-0.4, -0.2) is 36.5 Å². The number of benzene rings is 3. The van der Waals surface area contributed by atoms with E-state index in [0.717, 1.165) is 5.56 Å². The van der Waals surface area contributed by atoms with E-state index in [9.17, 15) is 19.5 Å². The second-order valence-electron chi connectivity index (χ2n) is 8.34. The lowest BCUT2D eigenvalue weighted by atomic mass is 10.0. The molecule has 7 nitrogen and oxygen atoms in total. The van der Waals surface area contributed by atoms with Crippen LogP contribution in [0.15, 0.2) is 60.7 Å². The molecule has 4 rings (SSSR count). The van der Waals surface area contributed by atoms with Crippen molar-refractivity contribution in [2.75, 3.05) is 23.9 Å². The Morgan fingerprint density at radius 2 is 1.80 bits per heavy atom. The molecule has 8 heteroatoms. The fourth-order valence-electron chi connectivity index (χ4n) is 4.23. The third-order valence-electron chi connectivity index (χ3n) is 6.05. The molecule has 0 saturated carbocycles. The summed E-state index contributed by atoms with van der Waals surface area (Å²) in [6.07, 6.45) is 0.294. The number of nitrogens with one attached hydrogen (secondary N) is 1. The quantitative estimate of drug-likeness (QED) is 0.490. The van der Waals surface area contributed by atoms with Crippen LogP contribution in [-0.2, 0) is 4.74 Å². The number of anilines is 2. The minimum absolute atomic E-state index is 0.0281. The van der Waals surface area contributed by atoms with E-state index in [0.29, 0.717) is 46.9 Å². The number of ether oxygens (including phenoxy) is 1. The van der Waals surface area contributed by atoms with Gasteiger partial charge < -0.3 is 20.1 Å². The summed E-state index contributed by atoms with van der Waals surface area (Å²) >= 11 is 6.13. The molecule has 0 aromatic heterocycles. The van der Waals surface area contributed by atoms with Crippen molar-refractivity contribution in [1.29, 1.82) is 0 Å². The van der Waals surface area contributed by atoms with Gasteiger partial charge in [-0.1, -0.05) is 29.8 Å². The Morgan fingerprint density at radius 1 is 1.03 bits per heavy atom. The number of aliphatic hydroxyl groups excluding tert-OH is 1.